The van der Waals surface area contributed by atoms with Gasteiger partial charge in [-0.15, -0.1) is 0 Å². The molecule has 12 nitrogen and oxygen atoms in total. The average Bonchev–Trinajstić information content (AvgIpc) is 3.00. The van der Waals surface area contributed by atoms with Crippen LogP contribution in [0.15, 0.2) is 95.5 Å². The Morgan fingerprint density at radius 2 is 1.64 bits per heavy atom. The fourth-order valence-corrected chi connectivity index (χ4v) is 4.56. The molecule has 1 unspecified atom stereocenters. The van der Waals surface area contributed by atoms with Crippen molar-refractivity contribution in [2.24, 2.45) is 5.73 Å². The second kappa shape index (κ2) is 12.0. The first-order valence-corrected chi connectivity index (χ1v) is 12.3. The van der Waals surface area contributed by atoms with Crippen molar-refractivity contribution in [1.29, 1.82) is 5.26 Å². The van der Waals surface area contributed by atoms with Gasteiger partial charge < -0.3 is 30.7 Å². The topological polar surface area (TPSA) is 192 Å². The number of nitrogens with one attached hydrogen (secondary N) is 1. The number of rotatable bonds is 7. The van der Waals surface area contributed by atoms with Crippen LogP contribution >= 0.6 is 0 Å². The van der Waals surface area contributed by atoms with E-state index in [1.165, 1.54) is 30.3 Å². The van der Waals surface area contributed by atoms with Crippen LogP contribution in [0, 0.1) is 11.3 Å². The Bertz CT molecular complexity index is 1710. The molecule has 42 heavy (non-hydrogen) atoms. The van der Waals surface area contributed by atoms with Crippen LogP contribution in [0.3, 0.4) is 0 Å². The van der Waals surface area contributed by atoms with Crippen molar-refractivity contribution in [3.05, 3.63) is 112 Å². The minimum Gasteiger partial charge on any atom is -0.507 e. The third kappa shape index (κ3) is 5.34. The number of hydrogen-bond donors (Lipinski definition) is 4. The van der Waals surface area contributed by atoms with E-state index in [9.17, 15) is 34.7 Å². The number of anilines is 2. The van der Waals surface area contributed by atoms with E-state index in [1.54, 1.807) is 30.3 Å². The Morgan fingerprint density at radius 3 is 2.26 bits per heavy atom. The fraction of sp³-hybridized carbons (Fsp3) is 0.100. The standard InChI is InChI=1S/C30H24N4O8/c1-41-29(39)24-23(16-7-4-3-5-8-16)21(15-31)26(32)34(25(24)30(40)42-2)19-10-6-9-17(13-19)27(36)33-18-11-12-22(35)20(14-18)28(37)38/h3-14,23,35H,32H2,1-2H3,(H,33,36)(H,37,38). The Morgan fingerprint density at radius 1 is 0.952 bits per heavy atom. The predicted molar refractivity (Wildman–Crippen MR) is 149 cm³/mol. The van der Waals surface area contributed by atoms with Gasteiger partial charge in [0.25, 0.3) is 5.91 Å². The summed E-state index contributed by atoms with van der Waals surface area (Å²) in [5.74, 6) is -5.61. The molecule has 212 valence electrons. The van der Waals surface area contributed by atoms with Gasteiger partial charge in [-0.2, -0.15) is 5.26 Å². The number of aromatic hydroxyl groups is 1. The second-order valence-electron chi connectivity index (χ2n) is 8.88. The summed E-state index contributed by atoms with van der Waals surface area (Å²) in [6, 6.07) is 19.9. The van der Waals surface area contributed by atoms with Crippen molar-refractivity contribution >= 4 is 35.2 Å². The van der Waals surface area contributed by atoms with Gasteiger partial charge in [-0.25, -0.2) is 14.4 Å². The Labute approximate surface area is 239 Å². The monoisotopic (exact) mass is 568 g/mol. The van der Waals surface area contributed by atoms with Gasteiger partial charge in [0.1, 0.15) is 22.8 Å². The van der Waals surface area contributed by atoms with Crippen molar-refractivity contribution in [3.63, 3.8) is 0 Å². The highest BCUT2D eigenvalue weighted by molar-refractivity contribution is 6.08. The van der Waals surface area contributed by atoms with Gasteiger partial charge in [-0.1, -0.05) is 36.4 Å². The highest BCUT2D eigenvalue weighted by Gasteiger charge is 2.43. The number of aromatic carboxylic acids is 1. The number of carbonyl (C=O) groups is 4. The number of benzene rings is 3. The molecule has 0 saturated heterocycles. The maximum Gasteiger partial charge on any atom is 0.355 e. The van der Waals surface area contributed by atoms with Crippen molar-refractivity contribution in [1.82, 2.24) is 0 Å². The molecule has 0 radical (unpaired) electrons. The van der Waals surface area contributed by atoms with Gasteiger partial charge in [0.2, 0.25) is 0 Å². The highest BCUT2D eigenvalue weighted by Crippen LogP contribution is 2.43. The number of esters is 2. The molecule has 0 bridgehead atoms. The number of carbonyl (C=O) groups excluding carboxylic acids is 3. The van der Waals surface area contributed by atoms with Crippen LogP contribution in [0.25, 0.3) is 0 Å². The third-order valence-electron chi connectivity index (χ3n) is 6.46. The largest absolute Gasteiger partial charge is 0.507 e. The molecule has 1 atom stereocenters. The molecular weight excluding hydrogens is 544 g/mol. The number of carboxylic acids is 1. The summed E-state index contributed by atoms with van der Waals surface area (Å²) in [5.41, 5.74) is 6.33. The maximum absolute atomic E-state index is 13.2. The lowest BCUT2D eigenvalue weighted by atomic mass is 9.81. The molecule has 12 heteroatoms. The SMILES string of the molecule is COC(=O)C1=C(C(=O)OC)N(c2cccc(C(=O)Nc3ccc(O)c(C(=O)O)c3)c2)C(N)=C(C#N)C1c1ccccc1. The van der Waals surface area contributed by atoms with E-state index >= 15 is 0 Å². The molecule has 0 aromatic heterocycles. The molecule has 3 aromatic carbocycles. The van der Waals surface area contributed by atoms with Gasteiger partial charge in [0.15, 0.2) is 0 Å². The smallest absolute Gasteiger partial charge is 0.355 e. The molecule has 0 fully saturated rings. The van der Waals surface area contributed by atoms with Crippen molar-refractivity contribution in [3.8, 4) is 11.8 Å². The lowest BCUT2D eigenvalue weighted by molar-refractivity contribution is -0.139. The highest BCUT2D eigenvalue weighted by atomic mass is 16.5. The molecule has 1 amide bonds. The van der Waals surface area contributed by atoms with Gasteiger partial charge >= 0.3 is 17.9 Å². The van der Waals surface area contributed by atoms with Gasteiger partial charge in [0, 0.05) is 16.9 Å². The molecule has 1 aliphatic rings. The quantitative estimate of drug-likeness (QED) is 0.241. The molecule has 0 saturated carbocycles. The number of nitrogens with two attached hydrogens (primary N) is 1. The maximum atomic E-state index is 13.2. The number of phenols is 1. The van der Waals surface area contributed by atoms with E-state index in [4.69, 9.17) is 15.2 Å². The number of nitrogens with zero attached hydrogens (tertiary/aromatic N) is 2. The Balaban J connectivity index is 1.86. The van der Waals surface area contributed by atoms with Crippen LogP contribution in [0.4, 0.5) is 11.4 Å². The lowest BCUT2D eigenvalue weighted by Crippen LogP contribution is -2.40. The van der Waals surface area contributed by atoms with Crippen LogP contribution in [-0.2, 0) is 19.1 Å². The minimum absolute atomic E-state index is 0.0469. The number of hydrogen-bond acceptors (Lipinski definition) is 10. The molecular formula is C30H24N4O8. The van der Waals surface area contributed by atoms with Gasteiger partial charge in [-0.05, 0) is 42.0 Å². The summed E-state index contributed by atoms with van der Waals surface area (Å²) >= 11 is 0. The summed E-state index contributed by atoms with van der Waals surface area (Å²) in [6.07, 6.45) is 0. The van der Waals surface area contributed by atoms with Crippen molar-refractivity contribution in [2.45, 2.75) is 5.92 Å². The number of ether oxygens (including phenoxy) is 2. The van der Waals surface area contributed by atoms with E-state index in [2.05, 4.69) is 5.32 Å². The third-order valence-corrected chi connectivity index (χ3v) is 6.46. The molecule has 3 aromatic rings. The number of methoxy groups -OCH3 is 2. The molecule has 5 N–H and O–H groups in total. The number of amides is 1. The first-order chi connectivity index (χ1) is 20.1. The minimum atomic E-state index is -1.39. The average molecular weight is 569 g/mol. The zero-order valence-corrected chi connectivity index (χ0v) is 22.3. The van der Waals surface area contributed by atoms with Gasteiger partial charge in [0.05, 0.1) is 37.4 Å². The zero-order chi connectivity index (χ0) is 30.6. The first kappa shape index (κ1) is 28.9. The summed E-state index contributed by atoms with van der Waals surface area (Å²) in [6.45, 7) is 0. The van der Waals surface area contributed by atoms with Crippen molar-refractivity contribution < 1.29 is 38.9 Å². The van der Waals surface area contributed by atoms with Crippen LogP contribution in [-0.4, -0.2) is 48.2 Å². The van der Waals surface area contributed by atoms with E-state index in [1.807, 2.05) is 6.07 Å². The summed E-state index contributed by atoms with van der Waals surface area (Å²) in [4.78, 5) is 52.1. The van der Waals surface area contributed by atoms with Crippen LogP contribution in [0.1, 0.15) is 32.2 Å². The van der Waals surface area contributed by atoms with Gasteiger partial charge in [-0.3, -0.25) is 9.69 Å². The Kier molecular flexibility index (Phi) is 8.24. The lowest BCUT2D eigenvalue weighted by Gasteiger charge is -2.36. The summed E-state index contributed by atoms with van der Waals surface area (Å²) in [5, 5.41) is 31.7. The number of carboxylic acid groups (broad SMARTS) is 1. The molecule has 1 aliphatic heterocycles. The molecule has 1 heterocycles. The molecule has 4 rings (SSSR count). The summed E-state index contributed by atoms with van der Waals surface area (Å²) < 4.78 is 10.0. The van der Waals surface area contributed by atoms with Crippen molar-refractivity contribution in [2.75, 3.05) is 24.4 Å². The van der Waals surface area contributed by atoms with Crippen LogP contribution in [0.2, 0.25) is 0 Å². The summed E-state index contributed by atoms with van der Waals surface area (Å²) in [7, 11) is 2.25. The molecule has 0 aliphatic carbocycles. The zero-order valence-electron chi connectivity index (χ0n) is 22.3. The van der Waals surface area contributed by atoms with E-state index in [0.717, 1.165) is 31.3 Å². The van der Waals surface area contributed by atoms with E-state index in [-0.39, 0.29) is 39.6 Å². The predicted octanol–water partition coefficient (Wildman–Crippen LogP) is 3.24. The van der Waals surface area contributed by atoms with Crippen LogP contribution in [0.5, 0.6) is 5.75 Å². The first-order valence-electron chi connectivity index (χ1n) is 12.3. The fourth-order valence-electron chi connectivity index (χ4n) is 4.56. The van der Waals surface area contributed by atoms with Crippen LogP contribution < -0.4 is 16.0 Å². The van der Waals surface area contributed by atoms with E-state index < -0.39 is 41.0 Å². The number of nitriles is 1. The second-order valence-corrected chi connectivity index (χ2v) is 8.88. The molecule has 0 spiro atoms. The number of allylic oxidation sites excluding steroid dienone is 1. The Hall–Kier alpha value is -6.09. The normalized spacial score (nSPS) is 14.6. The van der Waals surface area contributed by atoms with E-state index in [0.29, 0.717) is 5.56 Å².